The van der Waals surface area contributed by atoms with Crippen LogP contribution in [0.5, 0.6) is 23.0 Å². The number of aliphatic hydroxyl groups excluding tert-OH is 1. The molecule has 0 aliphatic carbocycles. The van der Waals surface area contributed by atoms with Gasteiger partial charge in [0.25, 0.3) is 0 Å². The predicted octanol–water partition coefficient (Wildman–Crippen LogP) is 4.07. The van der Waals surface area contributed by atoms with Gasteiger partial charge in [-0.05, 0) is 38.1 Å². The summed E-state index contributed by atoms with van der Waals surface area (Å²) >= 11 is 0. The van der Waals surface area contributed by atoms with Crippen LogP contribution in [0, 0.1) is 0 Å². The topological polar surface area (TPSA) is 68.2 Å². The number of phenolic OH excluding ortho intramolecular Hbond substituents is 1. The van der Waals surface area contributed by atoms with Gasteiger partial charge >= 0.3 is 0 Å². The number of aliphatic hydroxyl groups is 1. The second-order valence-corrected chi connectivity index (χ2v) is 7.22. The zero-order valence-electron chi connectivity index (χ0n) is 13.9. The molecule has 2 aromatic carbocycles. The molecule has 0 saturated carbocycles. The van der Waals surface area contributed by atoms with E-state index in [-0.39, 0.29) is 23.5 Å². The van der Waals surface area contributed by atoms with Gasteiger partial charge in [0.15, 0.2) is 5.60 Å². The van der Waals surface area contributed by atoms with Crippen LogP contribution in [-0.2, 0) is 0 Å². The number of ether oxygens (including phenoxy) is 3. The van der Waals surface area contributed by atoms with Crippen molar-refractivity contribution in [3.8, 4) is 23.0 Å². The van der Waals surface area contributed by atoms with Gasteiger partial charge in [0.05, 0.1) is 18.1 Å². The van der Waals surface area contributed by atoms with Crippen LogP contribution in [0.15, 0.2) is 36.1 Å². The van der Waals surface area contributed by atoms with Crippen molar-refractivity contribution in [2.24, 2.45) is 0 Å². The number of hydrogen-bond donors (Lipinski definition) is 2. The molecule has 2 atom stereocenters. The number of rotatable bonds is 0. The molecule has 3 aliphatic heterocycles. The van der Waals surface area contributed by atoms with Gasteiger partial charge in [-0.2, -0.15) is 0 Å². The van der Waals surface area contributed by atoms with Crippen LogP contribution in [0.3, 0.4) is 0 Å². The summed E-state index contributed by atoms with van der Waals surface area (Å²) in [5.41, 5.74) is 1.99. The van der Waals surface area contributed by atoms with E-state index in [1.165, 1.54) is 0 Å². The zero-order chi connectivity index (χ0) is 17.3. The van der Waals surface area contributed by atoms with Gasteiger partial charge in [0.1, 0.15) is 34.9 Å². The molecule has 2 N–H and O–H groups in total. The molecule has 0 saturated heterocycles. The molecular weight excluding hydrogens is 320 g/mol. The third-order valence-electron chi connectivity index (χ3n) is 5.18. The summed E-state index contributed by atoms with van der Waals surface area (Å²) in [7, 11) is 0. The fourth-order valence-electron chi connectivity index (χ4n) is 3.78. The van der Waals surface area contributed by atoms with Crippen molar-refractivity contribution in [2.45, 2.75) is 31.5 Å². The summed E-state index contributed by atoms with van der Waals surface area (Å²) in [5.74, 6) is 2.51. The van der Waals surface area contributed by atoms with E-state index in [1.807, 2.05) is 32.0 Å². The number of aromatic hydroxyl groups is 1. The Bertz CT molecular complexity index is 928. The van der Waals surface area contributed by atoms with Crippen LogP contribution in [-0.4, -0.2) is 22.4 Å². The fourth-order valence-corrected chi connectivity index (χ4v) is 3.78. The van der Waals surface area contributed by atoms with Crippen molar-refractivity contribution in [1.29, 1.82) is 0 Å². The van der Waals surface area contributed by atoms with E-state index in [0.29, 0.717) is 18.1 Å². The number of fused-ring (bicyclic) bond motifs is 7. The zero-order valence-corrected chi connectivity index (χ0v) is 13.9. The highest BCUT2D eigenvalue weighted by Gasteiger charge is 2.43. The molecule has 0 aromatic heterocycles. The summed E-state index contributed by atoms with van der Waals surface area (Å²) in [6, 6.07) is 9.04. The molecule has 5 heteroatoms. The van der Waals surface area contributed by atoms with Crippen molar-refractivity contribution >= 4 is 6.08 Å². The molecule has 5 rings (SSSR count). The smallest absolute Gasteiger partial charge is 0.160 e. The molecule has 2 aromatic rings. The highest BCUT2D eigenvalue weighted by Crippen LogP contribution is 2.55. The van der Waals surface area contributed by atoms with Crippen LogP contribution in [0.2, 0.25) is 0 Å². The van der Waals surface area contributed by atoms with E-state index >= 15 is 0 Å². The van der Waals surface area contributed by atoms with E-state index in [1.54, 1.807) is 18.2 Å². The standard InChI is InChI=1S/C20H18O5/c1-20(2)17(22)8-13-15(25-20)6-5-11-14-9-23-16-7-10(21)3-4-12(16)19(14)24-18(11)13/h3-8,14,19,21-22H,9H2,1-2H3/t14-,19-/m0/s1. The van der Waals surface area contributed by atoms with Gasteiger partial charge in [0.2, 0.25) is 0 Å². The first-order valence-corrected chi connectivity index (χ1v) is 8.33. The predicted molar refractivity (Wildman–Crippen MR) is 91.5 cm³/mol. The molecule has 0 bridgehead atoms. The summed E-state index contributed by atoms with van der Waals surface area (Å²) in [6.07, 6.45) is 1.56. The normalized spacial score (nSPS) is 24.5. The first kappa shape index (κ1) is 14.5. The van der Waals surface area contributed by atoms with Gasteiger partial charge in [-0.1, -0.05) is 6.07 Å². The Balaban J connectivity index is 1.63. The third-order valence-corrected chi connectivity index (χ3v) is 5.18. The van der Waals surface area contributed by atoms with Crippen molar-refractivity contribution in [3.63, 3.8) is 0 Å². The molecule has 0 spiro atoms. The Morgan fingerprint density at radius 3 is 2.68 bits per heavy atom. The van der Waals surface area contributed by atoms with E-state index < -0.39 is 5.60 Å². The SMILES string of the molecule is CC1(C)Oc2ccc3c(c2C=C1O)O[C@H]1c2ccc(O)cc2OC[C@@H]31. The molecular formula is C20H18O5. The Hall–Kier alpha value is -2.82. The second kappa shape index (κ2) is 4.63. The number of benzene rings is 2. The molecule has 128 valence electrons. The Morgan fingerprint density at radius 2 is 1.84 bits per heavy atom. The maximum atomic E-state index is 10.3. The van der Waals surface area contributed by atoms with Gasteiger partial charge in [-0.15, -0.1) is 0 Å². The van der Waals surface area contributed by atoms with Crippen LogP contribution >= 0.6 is 0 Å². The third kappa shape index (κ3) is 1.95. The first-order chi connectivity index (χ1) is 11.9. The van der Waals surface area contributed by atoms with Gasteiger partial charge in [-0.25, -0.2) is 0 Å². The average Bonchev–Trinajstić information content (AvgIpc) is 2.94. The van der Waals surface area contributed by atoms with Gasteiger partial charge in [0, 0.05) is 17.2 Å². The fraction of sp³-hybridized carbons (Fsp3) is 0.300. The van der Waals surface area contributed by atoms with Gasteiger partial charge < -0.3 is 24.4 Å². The van der Waals surface area contributed by atoms with Gasteiger partial charge in [-0.3, -0.25) is 0 Å². The number of phenols is 1. The maximum Gasteiger partial charge on any atom is 0.160 e. The molecule has 3 aliphatic rings. The highest BCUT2D eigenvalue weighted by molar-refractivity contribution is 5.72. The summed E-state index contributed by atoms with van der Waals surface area (Å²) < 4.78 is 18.1. The summed E-state index contributed by atoms with van der Waals surface area (Å²) in [5, 5.41) is 20.0. The molecule has 25 heavy (non-hydrogen) atoms. The highest BCUT2D eigenvalue weighted by atomic mass is 16.5. The Kier molecular flexibility index (Phi) is 2.69. The molecule has 0 unspecified atom stereocenters. The van der Waals surface area contributed by atoms with Crippen molar-refractivity contribution in [2.75, 3.05) is 6.61 Å². The molecule has 0 radical (unpaired) electrons. The minimum absolute atomic E-state index is 0.0721. The molecule has 0 fully saturated rings. The van der Waals surface area contributed by atoms with E-state index in [0.717, 1.165) is 22.4 Å². The number of hydrogen-bond acceptors (Lipinski definition) is 5. The minimum atomic E-state index is -0.750. The lowest BCUT2D eigenvalue weighted by atomic mass is 9.88. The molecule has 0 amide bonds. The van der Waals surface area contributed by atoms with Crippen LogP contribution in [0.1, 0.15) is 42.6 Å². The Morgan fingerprint density at radius 1 is 1.04 bits per heavy atom. The van der Waals surface area contributed by atoms with Crippen LogP contribution < -0.4 is 14.2 Å². The lowest BCUT2D eigenvalue weighted by molar-refractivity contribution is 0.0925. The van der Waals surface area contributed by atoms with Crippen molar-refractivity contribution in [1.82, 2.24) is 0 Å². The van der Waals surface area contributed by atoms with E-state index in [2.05, 4.69) is 0 Å². The summed E-state index contributed by atoms with van der Waals surface area (Å²) in [4.78, 5) is 0. The molecule has 3 heterocycles. The molecule has 5 nitrogen and oxygen atoms in total. The lowest BCUT2D eigenvalue weighted by Gasteiger charge is -2.31. The Labute approximate surface area is 145 Å². The monoisotopic (exact) mass is 338 g/mol. The van der Waals surface area contributed by atoms with Crippen LogP contribution in [0.4, 0.5) is 0 Å². The first-order valence-electron chi connectivity index (χ1n) is 8.33. The average molecular weight is 338 g/mol. The summed E-state index contributed by atoms with van der Waals surface area (Å²) in [6.45, 7) is 4.13. The van der Waals surface area contributed by atoms with Crippen molar-refractivity contribution < 1.29 is 24.4 Å². The maximum absolute atomic E-state index is 10.3. The van der Waals surface area contributed by atoms with E-state index in [9.17, 15) is 10.2 Å². The minimum Gasteiger partial charge on any atom is -0.508 e. The van der Waals surface area contributed by atoms with Crippen LogP contribution in [0.25, 0.3) is 6.08 Å². The second-order valence-electron chi connectivity index (χ2n) is 7.22. The van der Waals surface area contributed by atoms with Crippen molar-refractivity contribution in [3.05, 3.63) is 52.8 Å². The van der Waals surface area contributed by atoms with E-state index in [4.69, 9.17) is 14.2 Å². The quantitative estimate of drug-likeness (QED) is 0.758. The lowest BCUT2D eigenvalue weighted by Crippen LogP contribution is -2.33. The largest absolute Gasteiger partial charge is 0.508 e.